The molecule has 0 saturated heterocycles. The van der Waals surface area contributed by atoms with Crippen LogP contribution in [0.25, 0.3) is 27.7 Å². The minimum absolute atomic E-state index is 1.05. The standard InChI is InChI=1S/C18H18N2Si/c1-5-14-15-8-6-7-9-16(15)18-19-10-13-11-21(3,4)12(2)17(14)20(13)18/h5-10H,1-2,11H2,3-4H3. The van der Waals surface area contributed by atoms with Crippen LogP contribution in [0.2, 0.25) is 13.1 Å². The molecule has 21 heavy (non-hydrogen) atoms. The van der Waals surface area contributed by atoms with Gasteiger partial charge in [0.1, 0.15) is 5.65 Å². The lowest BCUT2D eigenvalue weighted by Gasteiger charge is -2.32. The van der Waals surface area contributed by atoms with Crippen molar-refractivity contribution in [3.05, 3.63) is 60.6 Å². The van der Waals surface area contributed by atoms with Crippen molar-refractivity contribution in [2.75, 3.05) is 0 Å². The van der Waals surface area contributed by atoms with Gasteiger partial charge < -0.3 is 0 Å². The monoisotopic (exact) mass is 290 g/mol. The topological polar surface area (TPSA) is 17.3 Å². The molecular formula is C18H18N2Si. The van der Waals surface area contributed by atoms with E-state index in [-0.39, 0.29) is 0 Å². The van der Waals surface area contributed by atoms with E-state index in [1.165, 1.54) is 32.9 Å². The number of rotatable bonds is 1. The highest BCUT2D eigenvalue weighted by molar-refractivity contribution is 6.94. The highest BCUT2D eigenvalue weighted by Crippen LogP contribution is 2.39. The molecule has 0 bridgehead atoms. The van der Waals surface area contributed by atoms with Gasteiger partial charge in [-0.3, -0.25) is 4.40 Å². The molecule has 0 atom stereocenters. The molecule has 1 aliphatic heterocycles. The Morgan fingerprint density at radius 2 is 1.95 bits per heavy atom. The first kappa shape index (κ1) is 12.6. The van der Waals surface area contributed by atoms with Gasteiger partial charge in [0.25, 0.3) is 0 Å². The molecule has 0 aliphatic carbocycles. The predicted molar refractivity (Wildman–Crippen MR) is 93.0 cm³/mol. The molecule has 2 nitrogen and oxygen atoms in total. The van der Waals surface area contributed by atoms with Crippen molar-refractivity contribution in [3.8, 4) is 0 Å². The summed E-state index contributed by atoms with van der Waals surface area (Å²) < 4.78 is 2.31. The summed E-state index contributed by atoms with van der Waals surface area (Å²) in [5, 5.41) is 3.72. The predicted octanol–water partition coefficient (Wildman–Crippen LogP) is 4.49. The molecule has 1 aromatic carbocycles. The molecule has 4 rings (SSSR count). The largest absolute Gasteiger partial charge is 0.297 e. The Hall–Kier alpha value is -2.13. The summed E-state index contributed by atoms with van der Waals surface area (Å²) in [5.41, 5.74) is 4.79. The second-order valence-electron chi connectivity index (χ2n) is 6.46. The summed E-state index contributed by atoms with van der Waals surface area (Å²) in [6, 6.07) is 9.56. The van der Waals surface area contributed by atoms with Gasteiger partial charge in [-0.2, -0.15) is 0 Å². The van der Waals surface area contributed by atoms with Gasteiger partial charge in [0, 0.05) is 22.8 Å². The van der Waals surface area contributed by atoms with Gasteiger partial charge in [0.2, 0.25) is 0 Å². The van der Waals surface area contributed by atoms with Crippen LogP contribution in [0.15, 0.2) is 43.6 Å². The fraction of sp³-hybridized carbons (Fsp3) is 0.167. The van der Waals surface area contributed by atoms with E-state index >= 15 is 0 Å². The molecule has 0 amide bonds. The number of aromatic nitrogens is 2. The fourth-order valence-electron chi connectivity index (χ4n) is 3.50. The second-order valence-corrected chi connectivity index (χ2v) is 11.2. The van der Waals surface area contributed by atoms with Gasteiger partial charge >= 0.3 is 0 Å². The third-order valence-electron chi connectivity index (χ3n) is 4.70. The first-order chi connectivity index (χ1) is 10.0. The highest BCUT2D eigenvalue weighted by Gasteiger charge is 2.35. The Balaban J connectivity index is 2.31. The third-order valence-corrected chi connectivity index (χ3v) is 7.82. The third kappa shape index (κ3) is 1.49. The number of hydrogen-bond donors (Lipinski definition) is 0. The number of imidazole rings is 1. The van der Waals surface area contributed by atoms with Crippen molar-refractivity contribution in [2.24, 2.45) is 0 Å². The molecule has 3 heteroatoms. The minimum Gasteiger partial charge on any atom is -0.297 e. The van der Waals surface area contributed by atoms with Gasteiger partial charge in [-0.25, -0.2) is 4.98 Å². The van der Waals surface area contributed by atoms with Gasteiger partial charge in [0.05, 0.1) is 13.8 Å². The Labute approximate surface area is 125 Å². The Morgan fingerprint density at radius 3 is 2.67 bits per heavy atom. The van der Waals surface area contributed by atoms with Crippen molar-refractivity contribution in [1.82, 2.24) is 9.38 Å². The van der Waals surface area contributed by atoms with E-state index in [2.05, 4.69) is 54.9 Å². The molecule has 104 valence electrons. The molecule has 2 aromatic heterocycles. The number of nitrogens with zero attached hydrogens (tertiary/aromatic N) is 2. The van der Waals surface area contributed by atoms with Gasteiger partial charge in [-0.1, -0.05) is 56.6 Å². The molecule has 3 aromatic rings. The normalized spacial score (nSPS) is 16.6. The van der Waals surface area contributed by atoms with E-state index in [4.69, 9.17) is 4.98 Å². The van der Waals surface area contributed by atoms with E-state index in [0.29, 0.717) is 0 Å². The molecule has 0 spiro atoms. The van der Waals surface area contributed by atoms with Gasteiger partial charge in [0.15, 0.2) is 0 Å². The molecule has 0 radical (unpaired) electrons. The first-order valence-corrected chi connectivity index (χ1v) is 10.5. The summed E-state index contributed by atoms with van der Waals surface area (Å²) in [6.45, 7) is 13.3. The number of fused-ring (bicyclic) bond motifs is 2. The summed E-state index contributed by atoms with van der Waals surface area (Å²) in [5.74, 6) is 0. The van der Waals surface area contributed by atoms with E-state index < -0.39 is 8.07 Å². The zero-order valence-electron chi connectivity index (χ0n) is 12.5. The van der Waals surface area contributed by atoms with E-state index in [1.54, 1.807) is 0 Å². The fourth-order valence-corrected chi connectivity index (χ4v) is 5.75. The van der Waals surface area contributed by atoms with Crippen molar-refractivity contribution < 1.29 is 0 Å². The Bertz CT molecular complexity index is 931. The van der Waals surface area contributed by atoms with Crippen LogP contribution in [0, 0.1) is 0 Å². The average Bonchev–Trinajstić information content (AvgIpc) is 2.87. The summed E-state index contributed by atoms with van der Waals surface area (Å²) in [4.78, 5) is 4.70. The van der Waals surface area contributed by atoms with Crippen LogP contribution in [0.3, 0.4) is 0 Å². The molecule has 0 fully saturated rings. The van der Waals surface area contributed by atoms with Gasteiger partial charge in [-0.15, -0.1) is 0 Å². The smallest absolute Gasteiger partial charge is 0.145 e. The zero-order valence-corrected chi connectivity index (χ0v) is 13.5. The van der Waals surface area contributed by atoms with E-state index in [0.717, 1.165) is 11.7 Å². The maximum absolute atomic E-state index is 4.70. The van der Waals surface area contributed by atoms with Crippen LogP contribution in [0.1, 0.15) is 17.0 Å². The lowest BCUT2D eigenvalue weighted by molar-refractivity contribution is 1.03. The van der Waals surface area contributed by atoms with E-state index in [1.807, 2.05) is 12.3 Å². The first-order valence-electron chi connectivity index (χ1n) is 7.28. The number of hydrogen-bond acceptors (Lipinski definition) is 1. The van der Waals surface area contributed by atoms with Crippen molar-refractivity contribution in [1.29, 1.82) is 0 Å². The summed E-state index contributed by atoms with van der Waals surface area (Å²) in [7, 11) is -1.52. The maximum Gasteiger partial charge on any atom is 0.145 e. The summed E-state index contributed by atoms with van der Waals surface area (Å²) in [6.07, 6.45) is 4.02. The van der Waals surface area contributed by atoms with Crippen LogP contribution in [-0.2, 0) is 6.04 Å². The Morgan fingerprint density at radius 1 is 1.24 bits per heavy atom. The average molecular weight is 290 g/mol. The second kappa shape index (κ2) is 3.95. The lowest BCUT2D eigenvalue weighted by Crippen LogP contribution is -2.36. The van der Waals surface area contributed by atoms with Crippen LogP contribution in [0.5, 0.6) is 0 Å². The zero-order chi connectivity index (χ0) is 14.8. The SMILES string of the molecule is C=Cc1c2n3c(cnc3c3ccccc13)C[Si](C)(C)C2=C. The molecule has 0 N–H and O–H groups in total. The number of pyridine rings is 1. The van der Waals surface area contributed by atoms with Crippen molar-refractivity contribution in [2.45, 2.75) is 19.1 Å². The van der Waals surface area contributed by atoms with Gasteiger partial charge in [-0.05, 0) is 16.6 Å². The molecular weight excluding hydrogens is 272 g/mol. The van der Waals surface area contributed by atoms with Crippen LogP contribution in [0.4, 0.5) is 0 Å². The van der Waals surface area contributed by atoms with Crippen LogP contribution < -0.4 is 0 Å². The quantitative estimate of drug-likeness (QED) is 0.604. The molecule has 1 aliphatic rings. The summed E-state index contributed by atoms with van der Waals surface area (Å²) >= 11 is 0. The Kier molecular flexibility index (Phi) is 2.37. The lowest BCUT2D eigenvalue weighted by atomic mass is 10.0. The van der Waals surface area contributed by atoms with Crippen molar-refractivity contribution >= 4 is 35.8 Å². The number of benzene rings is 1. The molecule has 3 heterocycles. The maximum atomic E-state index is 4.70. The van der Waals surface area contributed by atoms with Crippen LogP contribution in [-0.4, -0.2) is 17.5 Å². The minimum atomic E-state index is -1.52. The molecule has 0 saturated carbocycles. The molecule has 0 unspecified atom stereocenters. The van der Waals surface area contributed by atoms with E-state index in [9.17, 15) is 0 Å². The van der Waals surface area contributed by atoms with Crippen molar-refractivity contribution in [3.63, 3.8) is 0 Å². The highest BCUT2D eigenvalue weighted by atomic mass is 28.3. The van der Waals surface area contributed by atoms with Crippen LogP contribution >= 0.6 is 0 Å².